The SMILES string of the molecule is Cc1cc(C#N)cnc1C(=O)Nc1cc(C)c(F)c(C2(CF)CC(C(F)(F)F)OC(N)=N2)c1. The average Bonchev–Trinajstić information content (AvgIpc) is 2.74. The Bertz CT molecular complexity index is 1170. The normalized spacial score (nSPS) is 20.4. The molecule has 0 saturated heterocycles. The molecule has 0 spiro atoms. The van der Waals surface area contributed by atoms with Crippen LogP contribution in [0.3, 0.4) is 0 Å². The number of amidine groups is 1. The number of aliphatic imine (C=N–C) groups is 1. The molecule has 2 unspecified atom stereocenters. The predicted molar refractivity (Wildman–Crippen MR) is 108 cm³/mol. The minimum atomic E-state index is -4.89. The zero-order chi connectivity index (χ0) is 24.6. The second kappa shape index (κ2) is 8.65. The number of ether oxygens (including phenoxy) is 1. The van der Waals surface area contributed by atoms with Crippen LogP contribution in [0.5, 0.6) is 0 Å². The van der Waals surface area contributed by atoms with Crippen molar-refractivity contribution < 1.29 is 31.5 Å². The highest BCUT2D eigenvalue weighted by molar-refractivity contribution is 6.04. The maximum Gasteiger partial charge on any atom is 0.425 e. The van der Waals surface area contributed by atoms with Gasteiger partial charge in [-0.1, -0.05) is 0 Å². The molecule has 174 valence electrons. The number of alkyl halides is 4. The molecule has 2 atom stereocenters. The third-order valence-electron chi connectivity index (χ3n) is 5.13. The number of aryl methyl sites for hydroxylation is 2. The first kappa shape index (κ1) is 23.9. The number of nitrogens with two attached hydrogens (primary N) is 1. The van der Waals surface area contributed by atoms with Crippen molar-refractivity contribution in [3.63, 3.8) is 0 Å². The number of hydrogen-bond acceptors (Lipinski definition) is 6. The van der Waals surface area contributed by atoms with E-state index < -0.39 is 54.2 Å². The van der Waals surface area contributed by atoms with Gasteiger partial charge in [-0.2, -0.15) is 18.4 Å². The molecule has 1 aliphatic heterocycles. The Morgan fingerprint density at radius 2 is 2.03 bits per heavy atom. The predicted octanol–water partition coefficient (Wildman–Crippen LogP) is 3.79. The van der Waals surface area contributed by atoms with Gasteiger partial charge < -0.3 is 15.8 Å². The Morgan fingerprint density at radius 3 is 2.61 bits per heavy atom. The van der Waals surface area contributed by atoms with E-state index in [0.29, 0.717) is 5.56 Å². The maximum absolute atomic E-state index is 15.0. The average molecular weight is 467 g/mol. The Hall–Kier alpha value is -3.75. The van der Waals surface area contributed by atoms with Crippen molar-refractivity contribution in [2.45, 2.75) is 38.1 Å². The Balaban J connectivity index is 2.03. The number of anilines is 1. The van der Waals surface area contributed by atoms with Gasteiger partial charge >= 0.3 is 6.18 Å². The molecule has 1 aromatic heterocycles. The highest BCUT2D eigenvalue weighted by Gasteiger charge is 2.52. The summed E-state index contributed by atoms with van der Waals surface area (Å²) in [4.78, 5) is 20.3. The number of nitrogens with zero attached hydrogens (tertiary/aromatic N) is 3. The molecule has 33 heavy (non-hydrogen) atoms. The highest BCUT2D eigenvalue weighted by atomic mass is 19.4. The van der Waals surface area contributed by atoms with E-state index in [2.05, 4.69) is 20.0 Å². The van der Waals surface area contributed by atoms with Crippen LogP contribution in [0.1, 0.15) is 39.2 Å². The van der Waals surface area contributed by atoms with Gasteiger partial charge in [-0.05, 0) is 43.2 Å². The number of hydrogen-bond donors (Lipinski definition) is 2. The van der Waals surface area contributed by atoms with Crippen LogP contribution in [0.4, 0.5) is 27.6 Å². The van der Waals surface area contributed by atoms with Gasteiger partial charge in [0.2, 0.25) is 0 Å². The summed E-state index contributed by atoms with van der Waals surface area (Å²) in [6, 6.07) is 4.64. The van der Waals surface area contributed by atoms with Gasteiger partial charge in [0.15, 0.2) is 6.10 Å². The Morgan fingerprint density at radius 1 is 1.33 bits per heavy atom. The van der Waals surface area contributed by atoms with Crippen molar-refractivity contribution in [1.29, 1.82) is 5.26 Å². The van der Waals surface area contributed by atoms with E-state index in [4.69, 9.17) is 11.0 Å². The smallest absolute Gasteiger partial charge is 0.425 e. The molecule has 0 saturated carbocycles. The van der Waals surface area contributed by atoms with Gasteiger partial charge in [0.05, 0.1) is 5.56 Å². The first-order valence-electron chi connectivity index (χ1n) is 9.53. The Labute approximate surface area is 185 Å². The highest BCUT2D eigenvalue weighted by Crippen LogP contribution is 2.42. The van der Waals surface area contributed by atoms with Crippen LogP contribution in [0, 0.1) is 31.0 Å². The lowest BCUT2D eigenvalue weighted by Crippen LogP contribution is -2.48. The van der Waals surface area contributed by atoms with Crippen molar-refractivity contribution in [3.05, 3.63) is 58.2 Å². The zero-order valence-electron chi connectivity index (χ0n) is 17.4. The number of aromatic nitrogens is 1. The minimum Gasteiger partial charge on any atom is -0.452 e. The van der Waals surface area contributed by atoms with E-state index in [1.54, 1.807) is 6.92 Å². The van der Waals surface area contributed by atoms with Crippen LogP contribution in [-0.2, 0) is 10.3 Å². The summed E-state index contributed by atoms with van der Waals surface area (Å²) >= 11 is 0. The van der Waals surface area contributed by atoms with Crippen LogP contribution >= 0.6 is 0 Å². The molecule has 2 heterocycles. The molecule has 0 radical (unpaired) electrons. The molecule has 1 aliphatic rings. The van der Waals surface area contributed by atoms with Gasteiger partial charge in [0, 0.05) is 23.9 Å². The lowest BCUT2D eigenvalue weighted by molar-refractivity contribution is -0.209. The molecule has 3 N–H and O–H groups in total. The number of benzene rings is 1. The van der Waals surface area contributed by atoms with Crippen LogP contribution in [-0.4, -0.2) is 35.9 Å². The fourth-order valence-corrected chi connectivity index (χ4v) is 3.53. The van der Waals surface area contributed by atoms with E-state index in [1.165, 1.54) is 25.3 Å². The minimum absolute atomic E-state index is 0.0175. The standard InChI is InChI=1S/C21H18F5N5O2/c1-10-4-13(30-18(32)17-11(2)3-12(7-27)8-29-17)5-14(16(10)23)20(9-22)6-15(21(24,25)26)33-19(28)31-20/h3-5,8,15H,6,9H2,1-2H3,(H2,28,31)(H,30,32). The fraction of sp³-hybridized carbons (Fsp3) is 0.333. The topological polar surface area (TPSA) is 113 Å². The number of nitriles is 1. The first-order valence-corrected chi connectivity index (χ1v) is 9.53. The summed E-state index contributed by atoms with van der Waals surface area (Å²) in [5.74, 6) is -1.70. The molecular weight excluding hydrogens is 449 g/mol. The second-order valence-electron chi connectivity index (χ2n) is 7.58. The lowest BCUT2D eigenvalue weighted by atomic mass is 9.83. The van der Waals surface area contributed by atoms with Crippen LogP contribution in [0.2, 0.25) is 0 Å². The summed E-state index contributed by atoms with van der Waals surface area (Å²) < 4.78 is 73.5. The van der Waals surface area contributed by atoms with E-state index >= 15 is 4.39 Å². The van der Waals surface area contributed by atoms with E-state index in [0.717, 1.165) is 6.07 Å². The van der Waals surface area contributed by atoms with E-state index in [1.807, 2.05) is 6.07 Å². The van der Waals surface area contributed by atoms with Crippen molar-refractivity contribution in [1.82, 2.24) is 4.98 Å². The molecule has 3 rings (SSSR count). The van der Waals surface area contributed by atoms with Crippen molar-refractivity contribution in [2.75, 3.05) is 12.0 Å². The summed E-state index contributed by atoms with van der Waals surface area (Å²) in [7, 11) is 0. The number of rotatable bonds is 4. The Kier molecular flexibility index (Phi) is 6.26. The van der Waals surface area contributed by atoms with Gasteiger partial charge in [-0.25, -0.2) is 18.8 Å². The molecule has 0 aliphatic carbocycles. The fourth-order valence-electron chi connectivity index (χ4n) is 3.53. The number of carbonyl (C=O) groups excluding carboxylic acids is 1. The summed E-state index contributed by atoms with van der Waals surface area (Å²) in [6.07, 6.45) is -7.23. The largest absolute Gasteiger partial charge is 0.452 e. The van der Waals surface area contributed by atoms with E-state index in [-0.39, 0.29) is 22.5 Å². The van der Waals surface area contributed by atoms with Crippen molar-refractivity contribution in [2.24, 2.45) is 10.7 Å². The molecule has 0 bridgehead atoms. The molecular formula is C21H18F5N5O2. The van der Waals surface area contributed by atoms with Gasteiger partial charge in [0.1, 0.15) is 29.8 Å². The van der Waals surface area contributed by atoms with Crippen molar-refractivity contribution >= 4 is 17.6 Å². The summed E-state index contributed by atoms with van der Waals surface area (Å²) in [5.41, 5.74) is 3.08. The number of halogens is 5. The number of amides is 1. The maximum atomic E-state index is 15.0. The molecule has 12 heteroatoms. The van der Waals surface area contributed by atoms with E-state index in [9.17, 15) is 22.4 Å². The summed E-state index contributed by atoms with van der Waals surface area (Å²) in [5, 5.41) is 11.4. The third kappa shape index (κ3) is 4.72. The quantitative estimate of drug-likeness (QED) is 0.665. The molecule has 1 aromatic carbocycles. The summed E-state index contributed by atoms with van der Waals surface area (Å²) in [6.45, 7) is 1.37. The lowest BCUT2D eigenvalue weighted by Gasteiger charge is -2.37. The third-order valence-corrected chi connectivity index (χ3v) is 5.13. The zero-order valence-corrected chi connectivity index (χ0v) is 17.4. The number of pyridine rings is 1. The molecule has 2 aromatic rings. The monoisotopic (exact) mass is 467 g/mol. The van der Waals surface area contributed by atoms with Crippen LogP contribution in [0.15, 0.2) is 29.4 Å². The number of carbonyl (C=O) groups is 1. The van der Waals surface area contributed by atoms with Crippen LogP contribution in [0.25, 0.3) is 0 Å². The molecule has 7 nitrogen and oxygen atoms in total. The first-order chi connectivity index (χ1) is 15.4. The van der Waals surface area contributed by atoms with Crippen molar-refractivity contribution in [3.8, 4) is 6.07 Å². The molecule has 1 amide bonds. The second-order valence-corrected chi connectivity index (χ2v) is 7.58. The molecule has 0 fully saturated rings. The van der Waals surface area contributed by atoms with Gasteiger partial charge in [0.25, 0.3) is 11.9 Å². The van der Waals surface area contributed by atoms with Gasteiger partial charge in [-0.3, -0.25) is 4.79 Å². The van der Waals surface area contributed by atoms with Crippen LogP contribution < -0.4 is 11.1 Å². The number of nitrogens with one attached hydrogen (secondary N) is 1. The van der Waals surface area contributed by atoms with Gasteiger partial charge in [-0.15, -0.1) is 0 Å².